The molecule has 1 saturated heterocycles. The molecule has 0 bridgehead atoms. The number of methoxy groups -OCH3 is 1. The Balaban J connectivity index is 2.43. The molecule has 0 aromatic heterocycles. The molecule has 1 N–H and O–H groups in total. The Morgan fingerprint density at radius 3 is 2.86 bits per heavy atom. The van der Waals surface area contributed by atoms with Crippen molar-refractivity contribution in [1.82, 2.24) is 9.62 Å². The minimum Gasteiger partial charge on any atom is -0.383 e. The zero-order chi connectivity index (χ0) is 15.5. The maximum absolute atomic E-state index is 12.7. The summed E-state index contributed by atoms with van der Waals surface area (Å²) < 4.78 is 31.8. The fourth-order valence-electron chi connectivity index (χ4n) is 2.35. The summed E-state index contributed by atoms with van der Waals surface area (Å²) in [6.07, 6.45) is 0. The van der Waals surface area contributed by atoms with Crippen LogP contribution in [0.3, 0.4) is 0 Å². The summed E-state index contributed by atoms with van der Waals surface area (Å²) in [7, 11) is -2.45. The van der Waals surface area contributed by atoms with Gasteiger partial charge in [-0.05, 0) is 6.07 Å². The molecule has 0 spiro atoms. The molecule has 2 rings (SSSR count). The zero-order valence-electron chi connectivity index (χ0n) is 11.6. The molecule has 0 amide bonds. The van der Waals surface area contributed by atoms with Crippen LogP contribution >= 0.6 is 0 Å². The number of para-hydroxylation sites is 1. The third kappa shape index (κ3) is 3.21. The largest absolute Gasteiger partial charge is 0.383 e. The summed E-state index contributed by atoms with van der Waals surface area (Å²) in [5, 5.41) is 14.1. The lowest BCUT2D eigenvalue weighted by Gasteiger charge is -2.34. The first-order chi connectivity index (χ1) is 9.98. The molecular formula is C12H17N3O5S. The van der Waals surface area contributed by atoms with Gasteiger partial charge >= 0.3 is 0 Å². The number of nitrogens with zero attached hydrogens (tertiary/aromatic N) is 2. The van der Waals surface area contributed by atoms with E-state index in [0.717, 1.165) is 0 Å². The Hall–Kier alpha value is -1.55. The van der Waals surface area contributed by atoms with Crippen molar-refractivity contribution >= 4 is 15.7 Å². The molecule has 1 aromatic carbocycles. The molecule has 0 radical (unpaired) electrons. The first kappa shape index (κ1) is 15.8. The van der Waals surface area contributed by atoms with Crippen LogP contribution in [0.2, 0.25) is 0 Å². The number of nitro groups is 1. The molecule has 1 aliphatic rings. The number of benzene rings is 1. The van der Waals surface area contributed by atoms with Crippen molar-refractivity contribution in [2.24, 2.45) is 0 Å². The molecule has 21 heavy (non-hydrogen) atoms. The van der Waals surface area contributed by atoms with Gasteiger partial charge in [0.1, 0.15) is 0 Å². The van der Waals surface area contributed by atoms with Gasteiger partial charge in [-0.2, -0.15) is 4.31 Å². The second-order valence-corrected chi connectivity index (χ2v) is 6.51. The lowest BCUT2D eigenvalue weighted by molar-refractivity contribution is -0.387. The smallest absolute Gasteiger partial charge is 0.289 e. The summed E-state index contributed by atoms with van der Waals surface area (Å²) >= 11 is 0. The summed E-state index contributed by atoms with van der Waals surface area (Å²) in [5.74, 6) is 0. The normalized spacial score (nSPS) is 20.3. The topological polar surface area (TPSA) is 102 Å². The van der Waals surface area contributed by atoms with Crippen molar-refractivity contribution in [3.63, 3.8) is 0 Å². The highest BCUT2D eigenvalue weighted by Crippen LogP contribution is 2.27. The van der Waals surface area contributed by atoms with Crippen molar-refractivity contribution in [3.05, 3.63) is 34.4 Å². The van der Waals surface area contributed by atoms with Gasteiger partial charge in [0.2, 0.25) is 10.0 Å². The highest BCUT2D eigenvalue weighted by Gasteiger charge is 2.37. The fraction of sp³-hybridized carbons (Fsp3) is 0.500. The second-order valence-electron chi connectivity index (χ2n) is 4.65. The Labute approximate surface area is 122 Å². The van der Waals surface area contributed by atoms with E-state index in [9.17, 15) is 18.5 Å². The molecule has 1 aromatic rings. The Kier molecular flexibility index (Phi) is 4.88. The van der Waals surface area contributed by atoms with E-state index in [1.165, 1.54) is 35.7 Å². The van der Waals surface area contributed by atoms with Crippen molar-refractivity contribution in [1.29, 1.82) is 0 Å². The van der Waals surface area contributed by atoms with Gasteiger partial charge in [0.25, 0.3) is 5.69 Å². The van der Waals surface area contributed by atoms with Crippen molar-refractivity contribution < 1.29 is 18.1 Å². The predicted octanol–water partition coefficient (Wildman–Crippen LogP) is 0.204. The third-order valence-corrected chi connectivity index (χ3v) is 5.30. The molecule has 1 unspecified atom stereocenters. The minimum atomic E-state index is -3.94. The van der Waals surface area contributed by atoms with Gasteiger partial charge in [-0.15, -0.1) is 0 Å². The molecule has 1 fully saturated rings. The molecule has 8 nitrogen and oxygen atoms in total. The first-order valence-electron chi connectivity index (χ1n) is 6.43. The van der Waals surface area contributed by atoms with Gasteiger partial charge in [-0.1, -0.05) is 12.1 Å². The zero-order valence-corrected chi connectivity index (χ0v) is 12.4. The molecule has 9 heteroatoms. The number of nitro benzene ring substituents is 1. The number of hydrogen-bond acceptors (Lipinski definition) is 6. The Morgan fingerprint density at radius 2 is 2.19 bits per heavy atom. The van der Waals surface area contributed by atoms with Crippen LogP contribution in [0.5, 0.6) is 0 Å². The van der Waals surface area contributed by atoms with E-state index in [-0.39, 0.29) is 24.1 Å². The number of ether oxygens (including phenoxy) is 1. The molecule has 0 saturated carbocycles. The van der Waals surface area contributed by atoms with E-state index < -0.39 is 20.6 Å². The molecule has 116 valence electrons. The van der Waals surface area contributed by atoms with E-state index in [4.69, 9.17) is 4.74 Å². The van der Waals surface area contributed by atoms with Crippen molar-refractivity contribution in [2.45, 2.75) is 10.9 Å². The van der Waals surface area contributed by atoms with Gasteiger partial charge < -0.3 is 10.1 Å². The number of sulfonamides is 1. The summed E-state index contributed by atoms with van der Waals surface area (Å²) in [6.45, 7) is 1.43. The highest BCUT2D eigenvalue weighted by molar-refractivity contribution is 7.89. The molecule has 1 atom stereocenters. The van der Waals surface area contributed by atoms with Gasteiger partial charge in [-0.25, -0.2) is 8.42 Å². The van der Waals surface area contributed by atoms with Crippen LogP contribution in [0.4, 0.5) is 5.69 Å². The molecule has 1 aliphatic heterocycles. The number of hydrogen-bond donors (Lipinski definition) is 1. The van der Waals surface area contributed by atoms with Crippen LogP contribution in [-0.4, -0.2) is 57.0 Å². The van der Waals surface area contributed by atoms with E-state index >= 15 is 0 Å². The summed E-state index contributed by atoms with van der Waals surface area (Å²) in [4.78, 5) is 10.1. The van der Waals surface area contributed by atoms with Crippen LogP contribution in [0.25, 0.3) is 0 Å². The van der Waals surface area contributed by atoms with E-state index in [1.807, 2.05) is 0 Å². The quantitative estimate of drug-likeness (QED) is 0.615. The third-order valence-electron chi connectivity index (χ3n) is 3.30. The fourth-order valence-corrected chi connectivity index (χ4v) is 4.12. The Bertz CT molecular complexity index is 617. The Morgan fingerprint density at radius 1 is 1.48 bits per heavy atom. The molecule has 1 heterocycles. The summed E-state index contributed by atoms with van der Waals surface area (Å²) in [5.41, 5.74) is -0.410. The standard InChI is InChI=1S/C12H17N3O5S/c1-20-9-10-8-13-6-7-14(10)21(18,19)12-5-3-2-4-11(12)15(16)17/h2-5,10,13H,6-9H2,1H3. The number of piperazine rings is 1. The van der Waals surface area contributed by atoms with Crippen LogP contribution < -0.4 is 5.32 Å². The van der Waals surface area contributed by atoms with E-state index in [2.05, 4.69) is 5.32 Å². The lowest BCUT2D eigenvalue weighted by Crippen LogP contribution is -2.55. The monoisotopic (exact) mass is 315 g/mol. The molecule has 0 aliphatic carbocycles. The molecular weight excluding hydrogens is 298 g/mol. The highest BCUT2D eigenvalue weighted by atomic mass is 32.2. The second kappa shape index (κ2) is 6.48. The van der Waals surface area contributed by atoms with Crippen LogP contribution in [0.1, 0.15) is 0 Å². The van der Waals surface area contributed by atoms with Crippen molar-refractivity contribution in [3.8, 4) is 0 Å². The minimum absolute atomic E-state index is 0.229. The van der Waals surface area contributed by atoms with Gasteiger partial charge in [0.15, 0.2) is 4.90 Å². The first-order valence-corrected chi connectivity index (χ1v) is 7.87. The van der Waals surface area contributed by atoms with Gasteiger partial charge in [-0.3, -0.25) is 10.1 Å². The maximum Gasteiger partial charge on any atom is 0.289 e. The van der Waals surface area contributed by atoms with Gasteiger partial charge in [0.05, 0.1) is 17.6 Å². The van der Waals surface area contributed by atoms with Crippen molar-refractivity contribution in [2.75, 3.05) is 33.4 Å². The van der Waals surface area contributed by atoms with Crippen LogP contribution in [0.15, 0.2) is 29.2 Å². The van der Waals surface area contributed by atoms with E-state index in [1.54, 1.807) is 0 Å². The number of rotatable bonds is 5. The summed E-state index contributed by atoms with van der Waals surface area (Å²) in [6, 6.07) is 5.00. The predicted molar refractivity (Wildman–Crippen MR) is 75.5 cm³/mol. The van der Waals surface area contributed by atoms with Crippen LogP contribution in [0, 0.1) is 10.1 Å². The number of nitrogens with one attached hydrogen (secondary N) is 1. The average Bonchev–Trinajstić information content (AvgIpc) is 2.48. The van der Waals surface area contributed by atoms with E-state index in [0.29, 0.717) is 13.1 Å². The van der Waals surface area contributed by atoms with Gasteiger partial charge in [0, 0.05) is 32.8 Å². The van der Waals surface area contributed by atoms with Crippen LogP contribution in [-0.2, 0) is 14.8 Å². The average molecular weight is 315 g/mol. The maximum atomic E-state index is 12.7. The lowest BCUT2D eigenvalue weighted by atomic mass is 10.2. The SMILES string of the molecule is COCC1CNCCN1S(=O)(=O)c1ccccc1[N+](=O)[O-].